The summed E-state index contributed by atoms with van der Waals surface area (Å²) in [6, 6.07) is 5.01. The molecule has 11 heteroatoms. The summed E-state index contributed by atoms with van der Waals surface area (Å²) in [5.41, 5.74) is 1.31. The van der Waals surface area contributed by atoms with Crippen LogP contribution in [0.5, 0.6) is 11.5 Å². The molecule has 186 valence electrons. The number of carbonyl (C=O) groups is 2. The molecule has 10 nitrogen and oxygen atoms in total. The first kappa shape index (κ1) is 25.6. The molecule has 0 bridgehead atoms. The average Bonchev–Trinajstić information content (AvgIpc) is 3.13. The average molecular weight is 494 g/mol. The van der Waals surface area contributed by atoms with Gasteiger partial charge in [0.15, 0.2) is 11.5 Å². The Balaban J connectivity index is 1.82. The number of aryl methyl sites for hydroxylation is 2. The highest BCUT2D eigenvalue weighted by Gasteiger charge is 2.38. The van der Waals surface area contributed by atoms with Crippen LogP contribution in [0.2, 0.25) is 0 Å². The third-order valence-electron chi connectivity index (χ3n) is 5.80. The van der Waals surface area contributed by atoms with Crippen LogP contribution >= 0.6 is 0 Å². The molecule has 1 aromatic carbocycles. The molecular weight excluding hydrogens is 462 g/mol. The van der Waals surface area contributed by atoms with Crippen molar-refractivity contribution in [3.8, 4) is 11.5 Å². The van der Waals surface area contributed by atoms with E-state index in [0.717, 1.165) is 0 Å². The number of H-pyrrole nitrogens is 1. The van der Waals surface area contributed by atoms with Gasteiger partial charge in [-0.05, 0) is 45.7 Å². The number of carbonyl (C=O) groups excluding carboxylic acids is 2. The highest BCUT2D eigenvalue weighted by atomic mass is 32.2. The number of rotatable bonds is 8. The van der Waals surface area contributed by atoms with Gasteiger partial charge in [0.1, 0.15) is 10.5 Å². The number of sulfonamides is 1. The van der Waals surface area contributed by atoms with E-state index in [-0.39, 0.29) is 36.1 Å². The second-order valence-electron chi connectivity index (χ2n) is 8.06. The Morgan fingerprint density at radius 1 is 1.15 bits per heavy atom. The minimum absolute atomic E-state index is 0.00733. The molecule has 0 saturated carbocycles. The fourth-order valence-corrected chi connectivity index (χ4v) is 6.13. The zero-order chi connectivity index (χ0) is 25.0. The highest BCUT2D eigenvalue weighted by molar-refractivity contribution is 7.89. The molecule has 1 aliphatic heterocycles. The van der Waals surface area contributed by atoms with Crippen LogP contribution < -0.4 is 14.8 Å². The molecule has 34 heavy (non-hydrogen) atoms. The van der Waals surface area contributed by atoms with Crippen molar-refractivity contribution < 1.29 is 32.2 Å². The smallest absolute Gasteiger partial charge is 0.341 e. The molecular formula is C23H31N3O7S. The van der Waals surface area contributed by atoms with Gasteiger partial charge in [-0.25, -0.2) is 13.2 Å². The number of hydrogen-bond acceptors (Lipinski definition) is 7. The molecule has 1 aliphatic rings. The van der Waals surface area contributed by atoms with Crippen LogP contribution in [0.4, 0.5) is 5.69 Å². The molecule has 3 rings (SSSR count). The number of anilines is 1. The Morgan fingerprint density at radius 2 is 1.85 bits per heavy atom. The quantitative estimate of drug-likeness (QED) is 0.541. The summed E-state index contributed by atoms with van der Waals surface area (Å²) < 4.78 is 44.0. The summed E-state index contributed by atoms with van der Waals surface area (Å²) >= 11 is 0. The molecule has 1 atom stereocenters. The lowest BCUT2D eigenvalue weighted by Gasteiger charge is -2.31. The zero-order valence-corrected chi connectivity index (χ0v) is 20.9. The van der Waals surface area contributed by atoms with Gasteiger partial charge < -0.3 is 24.5 Å². The minimum atomic E-state index is -4.04. The first-order chi connectivity index (χ1) is 16.1. The van der Waals surface area contributed by atoms with Crippen molar-refractivity contribution in [1.29, 1.82) is 0 Å². The van der Waals surface area contributed by atoms with Gasteiger partial charge in [-0.1, -0.05) is 0 Å². The van der Waals surface area contributed by atoms with E-state index in [0.29, 0.717) is 41.4 Å². The van der Waals surface area contributed by atoms with Crippen LogP contribution in [-0.4, -0.2) is 63.5 Å². The first-order valence-electron chi connectivity index (χ1n) is 11.0. The Bertz CT molecular complexity index is 1170. The Kier molecular flexibility index (Phi) is 7.88. The van der Waals surface area contributed by atoms with Gasteiger partial charge in [-0.15, -0.1) is 0 Å². The van der Waals surface area contributed by atoms with E-state index in [1.165, 1.54) is 18.5 Å². The third-order valence-corrected chi connectivity index (χ3v) is 7.84. The van der Waals surface area contributed by atoms with E-state index >= 15 is 0 Å². The molecule has 2 heterocycles. The van der Waals surface area contributed by atoms with Crippen LogP contribution in [0.1, 0.15) is 41.5 Å². The third kappa shape index (κ3) is 5.05. The molecule has 0 spiro atoms. The standard InChI is InChI=1S/C23H31N3O7S/c1-6-33-23(28)20-14(2)24-15(3)21(20)34(29,30)26-11-7-8-16(13-26)22(27)25-17-9-10-18(31-4)19(12-17)32-5/h9-10,12,16,24H,6-8,11,13H2,1-5H3,(H,25,27)/t16-/m0/s1. The fourth-order valence-electron chi connectivity index (χ4n) is 4.19. The van der Waals surface area contributed by atoms with Crippen molar-refractivity contribution in [3.63, 3.8) is 0 Å². The van der Waals surface area contributed by atoms with Crippen molar-refractivity contribution >= 4 is 27.6 Å². The Morgan fingerprint density at radius 3 is 2.50 bits per heavy atom. The number of piperidine rings is 1. The predicted molar refractivity (Wildman–Crippen MR) is 126 cm³/mol. The van der Waals surface area contributed by atoms with Gasteiger partial charge in [-0.2, -0.15) is 4.31 Å². The van der Waals surface area contributed by atoms with E-state index in [4.69, 9.17) is 14.2 Å². The Hall–Kier alpha value is -3.05. The van der Waals surface area contributed by atoms with Crippen molar-refractivity contribution in [2.75, 3.05) is 39.2 Å². The van der Waals surface area contributed by atoms with E-state index in [2.05, 4.69) is 10.3 Å². The summed E-state index contributed by atoms with van der Waals surface area (Å²) in [7, 11) is -1.02. The van der Waals surface area contributed by atoms with Crippen molar-refractivity contribution in [1.82, 2.24) is 9.29 Å². The van der Waals surface area contributed by atoms with Crippen LogP contribution in [0.15, 0.2) is 23.1 Å². The zero-order valence-electron chi connectivity index (χ0n) is 20.1. The normalized spacial score (nSPS) is 16.7. The lowest BCUT2D eigenvalue weighted by Crippen LogP contribution is -2.44. The predicted octanol–water partition coefficient (Wildman–Crippen LogP) is 2.86. The molecule has 1 aromatic heterocycles. The van der Waals surface area contributed by atoms with Gasteiger partial charge in [-0.3, -0.25) is 4.79 Å². The summed E-state index contributed by atoms with van der Waals surface area (Å²) in [5.74, 6) is -0.534. The van der Waals surface area contributed by atoms with Crippen LogP contribution in [-0.2, 0) is 19.6 Å². The van der Waals surface area contributed by atoms with Gasteiger partial charge in [0.25, 0.3) is 0 Å². The molecule has 2 N–H and O–H groups in total. The number of nitrogens with one attached hydrogen (secondary N) is 2. The topological polar surface area (TPSA) is 127 Å². The first-order valence-corrected chi connectivity index (χ1v) is 12.5. The van der Waals surface area contributed by atoms with Gasteiger partial charge >= 0.3 is 5.97 Å². The number of benzene rings is 1. The summed E-state index contributed by atoms with van der Waals surface area (Å²) in [6.07, 6.45) is 1.06. The van der Waals surface area contributed by atoms with Crippen molar-refractivity contribution in [3.05, 3.63) is 35.2 Å². The molecule has 1 saturated heterocycles. The lowest BCUT2D eigenvalue weighted by molar-refractivity contribution is -0.120. The van der Waals surface area contributed by atoms with Crippen LogP contribution in [0.3, 0.4) is 0 Å². The molecule has 0 unspecified atom stereocenters. The number of esters is 1. The Labute approximate surface area is 199 Å². The monoisotopic (exact) mass is 493 g/mol. The number of ether oxygens (including phenoxy) is 3. The van der Waals surface area contributed by atoms with E-state index in [1.54, 1.807) is 39.0 Å². The van der Waals surface area contributed by atoms with Gasteiger partial charge in [0, 0.05) is 36.2 Å². The maximum absolute atomic E-state index is 13.6. The maximum Gasteiger partial charge on any atom is 0.341 e. The number of aromatic amines is 1. The molecule has 1 amide bonds. The summed E-state index contributed by atoms with van der Waals surface area (Å²) in [5, 5.41) is 2.84. The minimum Gasteiger partial charge on any atom is -0.493 e. The van der Waals surface area contributed by atoms with E-state index < -0.39 is 21.9 Å². The summed E-state index contributed by atoms with van der Waals surface area (Å²) in [6.45, 7) is 5.29. The maximum atomic E-state index is 13.6. The van der Waals surface area contributed by atoms with Crippen molar-refractivity contribution in [2.24, 2.45) is 5.92 Å². The fraction of sp³-hybridized carbons (Fsp3) is 0.478. The highest BCUT2D eigenvalue weighted by Crippen LogP contribution is 2.32. The lowest BCUT2D eigenvalue weighted by atomic mass is 9.98. The molecule has 0 radical (unpaired) electrons. The molecule has 0 aliphatic carbocycles. The largest absolute Gasteiger partial charge is 0.493 e. The van der Waals surface area contributed by atoms with E-state index in [9.17, 15) is 18.0 Å². The number of amides is 1. The molecule has 2 aromatic rings. The number of nitrogens with zero attached hydrogens (tertiary/aromatic N) is 1. The SMILES string of the molecule is CCOC(=O)c1c(C)[nH]c(C)c1S(=O)(=O)N1CCC[C@H](C(=O)Nc2ccc(OC)c(OC)c2)C1. The number of methoxy groups -OCH3 is 2. The second-order valence-corrected chi connectivity index (χ2v) is 9.94. The number of hydrogen-bond donors (Lipinski definition) is 2. The van der Waals surface area contributed by atoms with Crippen molar-refractivity contribution in [2.45, 2.75) is 38.5 Å². The second kappa shape index (κ2) is 10.5. The van der Waals surface area contributed by atoms with Crippen LogP contribution in [0, 0.1) is 19.8 Å². The number of aromatic nitrogens is 1. The molecule has 1 fully saturated rings. The van der Waals surface area contributed by atoms with Gasteiger partial charge in [0.05, 0.1) is 26.7 Å². The van der Waals surface area contributed by atoms with Crippen LogP contribution in [0.25, 0.3) is 0 Å². The summed E-state index contributed by atoms with van der Waals surface area (Å²) in [4.78, 5) is 28.3. The van der Waals surface area contributed by atoms with E-state index in [1.807, 2.05) is 0 Å². The van der Waals surface area contributed by atoms with Gasteiger partial charge in [0.2, 0.25) is 15.9 Å².